The molecule has 0 radical (unpaired) electrons. The number of nitrogens with zero attached hydrogens (tertiary/aromatic N) is 5. The number of nitrogens with two attached hydrogens (primary N) is 1. The van der Waals surface area contributed by atoms with Gasteiger partial charge in [-0.15, -0.1) is 15.3 Å². The Morgan fingerprint density at radius 2 is 2.00 bits per heavy atom. The Balaban J connectivity index is 1.59. The Hall–Kier alpha value is -3.26. The van der Waals surface area contributed by atoms with Crippen LogP contribution in [0.15, 0.2) is 42.6 Å². The summed E-state index contributed by atoms with van der Waals surface area (Å²) in [6, 6.07) is 11.1. The van der Waals surface area contributed by atoms with Crippen LogP contribution in [-0.2, 0) is 0 Å². The normalized spacial score (nSPS) is 16.5. The summed E-state index contributed by atoms with van der Waals surface area (Å²) in [6.07, 6.45) is 2.58. The molecule has 1 saturated heterocycles. The number of aromatic hydroxyl groups is 1. The van der Waals surface area contributed by atoms with Crippen molar-refractivity contribution >= 4 is 5.82 Å². The summed E-state index contributed by atoms with van der Waals surface area (Å²) < 4.78 is 5.09. The van der Waals surface area contributed by atoms with Crippen LogP contribution in [0.4, 0.5) is 5.82 Å². The molecule has 1 aliphatic rings. The molecular weight excluding hydrogens is 344 g/mol. The van der Waals surface area contributed by atoms with Crippen molar-refractivity contribution in [2.75, 3.05) is 25.1 Å². The summed E-state index contributed by atoms with van der Waals surface area (Å²) in [5, 5.41) is 26.8. The van der Waals surface area contributed by atoms with Gasteiger partial charge in [0.15, 0.2) is 5.82 Å². The van der Waals surface area contributed by atoms with Crippen molar-refractivity contribution in [2.24, 2.45) is 5.73 Å². The second-order valence-corrected chi connectivity index (χ2v) is 6.49. The molecule has 0 amide bonds. The highest BCUT2D eigenvalue weighted by Crippen LogP contribution is 2.33. The van der Waals surface area contributed by atoms with Gasteiger partial charge in [-0.2, -0.15) is 5.10 Å². The van der Waals surface area contributed by atoms with Crippen molar-refractivity contribution in [3.05, 3.63) is 42.6 Å². The standard InChI is InChI=1S/C19H20N6O2/c1-27-19-9-13(10-21-24-19)12-2-3-15(17(26)8-12)16-4-5-18(23-22-16)25-7-6-14(20)11-25/h2-5,8-10,14,26H,6-7,11,20H2,1H3/t14-/m1/s1. The third-order valence-electron chi connectivity index (χ3n) is 4.65. The van der Waals surface area contributed by atoms with Crippen LogP contribution in [0.5, 0.6) is 11.6 Å². The molecule has 3 N–H and O–H groups in total. The van der Waals surface area contributed by atoms with E-state index in [-0.39, 0.29) is 11.8 Å². The van der Waals surface area contributed by atoms with E-state index in [1.807, 2.05) is 24.3 Å². The van der Waals surface area contributed by atoms with Crippen LogP contribution < -0.4 is 15.4 Å². The van der Waals surface area contributed by atoms with Crippen molar-refractivity contribution in [1.82, 2.24) is 20.4 Å². The lowest BCUT2D eigenvalue weighted by atomic mass is 10.0. The van der Waals surface area contributed by atoms with Crippen molar-refractivity contribution in [3.8, 4) is 34.0 Å². The van der Waals surface area contributed by atoms with E-state index in [1.165, 1.54) is 7.11 Å². The fourth-order valence-electron chi connectivity index (χ4n) is 3.17. The quantitative estimate of drug-likeness (QED) is 0.722. The average molecular weight is 364 g/mol. The zero-order valence-corrected chi connectivity index (χ0v) is 14.9. The van der Waals surface area contributed by atoms with Crippen LogP contribution in [0.25, 0.3) is 22.4 Å². The Morgan fingerprint density at radius 1 is 1.11 bits per heavy atom. The van der Waals surface area contributed by atoms with E-state index in [4.69, 9.17) is 10.5 Å². The number of ether oxygens (including phenoxy) is 1. The van der Waals surface area contributed by atoms with Crippen LogP contribution in [-0.4, -0.2) is 51.7 Å². The van der Waals surface area contributed by atoms with Crippen LogP contribution in [0, 0.1) is 0 Å². The number of aromatic nitrogens is 4. The van der Waals surface area contributed by atoms with E-state index in [1.54, 1.807) is 18.3 Å². The molecule has 8 heteroatoms. The lowest BCUT2D eigenvalue weighted by Crippen LogP contribution is -2.27. The SMILES string of the molecule is COc1cc(-c2ccc(-c3ccc(N4CC[C@@H](N)C4)nn3)c(O)c2)cnn1. The number of hydrogen-bond acceptors (Lipinski definition) is 8. The molecule has 27 heavy (non-hydrogen) atoms. The van der Waals surface area contributed by atoms with Gasteiger partial charge in [0.2, 0.25) is 5.88 Å². The molecule has 0 aliphatic carbocycles. The Morgan fingerprint density at radius 3 is 2.67 bits per heavy atom. The highest BCUT2D eigenvalue weighted by atomic mass is 16.5. The number of benzene rings is 1. The van der Waals surface area contributed by atoms with Gasteiger partial charge in [0, 0.05) is 36.3 Å². The van der Waals surface area contributed by atoms with Gasteiger partial charge < -0.3 is 20.5 Å². The molecule has 8 nitrogen and oxygen atoms in total. The van der Waals surface area contributed by atoms with Crippen molar-refractivity contribution in [3.63, 3.8) is 0 Å². The van der Waals surface area contributed by atoms with Gasteiger partial charge in [0.1, 0.15) is 5.75 Å². The maximum absolute atomic E-state index is 10.5. The summed E-state index contributed by atoms with van der Waals surface area (Å²) in [5.41, 5.74) is 8.78. The molecule has 0 unspecified atom stereocenters. The number of rotatable bonds is 4. The zero-order valence-electron chi connectivity index (χ0n) is 14.9. The second kappa shape index (κ2) is 7.16. The van der Waals surface area contributed by atoms with Crippen LogP contribution in [0.3, 0.4) is 0 Å². The van der Waals surface area contributed by atoms with Gasteiger partial charge >= 0.3 is 0 Å². The van der Waals surface area contributed by atoms with Gasteiger partial charge in [-0.1, -0.05) is 6.07 Å². The molecule has 2 aromatic heterocycles. The monoisotopic (exact) mass is 364 g/mol. The minimum absolute atomic E-state index is 0.119. The van der Waals surface area contributed by atoms with Gasteiger partial charge in [0.25, 0.3) is 0 Å². The molecule has 0 saturated carbocycles. The summed E-state index contributed by atoms with van der Waals surface area (Å²) in [6.45, 7) is 1.68. The summed E-state index contributed by atoms with van der Waals surface area (Å²) in [7, 11) is 1.53. The average Bonchev–Trinajstić information content (AvgIpc) is 3.14. The molecule has 0 bridgehead atoms. The van der Waals surface area contributed by atoms with Gasteiger partial charge in [-0.25, -0.2) is 0 Å². The Labute approximate surface area is 156 Å². The molecule has 4 rings (SSSR count). The first-order chi connectivity index (χ1) is 13.1. The molecular formula is C19H20N6O2. The van der Waals surface area contributed by atoms with Gasteiger partial charge in [-0.3, -0.25) is 0 Å². The largest absolute Gasteiger partial charge is 0.507 e. The molecule has 1 fully saturated rings. The Bertz CT molecular complexity index is 947. The predicted octanol–water partition coefficient (Wildman–Crippen LogP) is 1.85. The third-order valence-corrected chi connectivity index (χ3v) is 4.65. The van der Waals surface area contributed by atoms with Gasteiger partial charge in [-0.05, 0) is 36.2 Å². The molecule has 3 aromatic rings. The van der Waals surface area contributed by atoms with Crippen molar-refractivity contribution < 1.29 is 9.84 Å². The smallest absolute Gasteiger partial charge is 0.233 e. The highest BCUT2D eigenvalue weighted by Gasteiger charge is 2.20. The summed E-state index contributed by atoms with van der Waals surface area (Å²) in [5.74, 6) is 1.34. The van der Waals surface area contributed by atoms with Gasteiger partial charge in [0.05, 0.1) is 19.0 Å². The number of anilines is 1. The highest BCUT2D eigenvalue weighted by molar-refractivity contribution is 5.74. The third kappa shape index (κ3) is 3.52. The zero-order chi connectivity index (χ0) is 18.8. The number of methoxy groups -OCH3 is 1. The lowest BCUT2D eigenvalue weighted by Gasteiger charge is -2.16. The topological polar surface area (TPSA) is 110 Å². The van der Waals surface area contributed by atoms with Crippen molar-refractivity contribution in [2.45, 2.75) is 12.5 Å². The predicted molar refractivity (Wildman–Crippen MR) is 102 cm³/mol. The molecule has 1 aromatic carbocycles. The summed E-state index contributed by atoms with van der Waals surface area (Å²) >= 11 is 0. The van der Waals surface area contributed by atoms with E-state index in [9.17, 15) is 5.11 Å². The second-order valence-electron chi connectivity index (χ2n) is 6.49. The van der Waals surface area contributed by atoms with E-state index in [2.05, 4.69) is 25.3 Å². The van der Waals surface area contributed by atoms with E-state index in [0.717, 1.165) is 36.5 Å². The van der Waals surface area contributed by atoms with Crippen molar-refractivity contribution in [1.29, 1.82) is 0 Å². The molecule has 1 atom stereocenters. The summed E-state index contributed by atoms with van der Waals surface area (Å²) in [4.78, 5) is 2.12. The molecule has 0 spiro atoms. The lowest BCUT2D eigenvalue weighted by molar-refractivity contribution is 0.392. The minimum atomic E-state index is 0.119. The van der Waals surface area contributed by atoms with E-state index in [0.29, 0.717) is 17.1 Å². The molecule has 3 heterocycles. The fourth-order valence-corrected chi connectivity index (χ4v) is 3.17. The van der Waals surface area contributed by atoms with E-state index < -0.39 is 0 Å². The molecule has 1 aliphatic heterocycles. The van der Waals surface area contributed by atoms with Crippen LogP contribution in [0.1, 0.15) is 6.42 Å². The first-order valence-corrected chi connectivity index (χ1v) is 8.69. The van der Waals surface area contributed by atoms with Crippen LogP contribution in [0.2, 0.25) is 0 Å². The maximum Gasteiger partial charge on any atom is 0.233 e. The first kappa shape index (κ1) is 17.2. The molecule has 138 valence electrons. The number of phenols is 1. The number of phenolic OH excluding ortho intramolecular Hbond substituents is 1. The van der Waals surface area contributed by atoms with Crippen LogP contribution >= 0.6 is 0 Å². The number of hydrogen-bond donors (Lipinski definition) is 2. The minimum Gasteiger partial charge on any atom is -0.507 e. The Kier molecular flexibility index (Phi) is 4.55. The first-order valence-electron chi connectivity index (χ1n) is 8.69. The maximum atomic E-state index is 10.5. The van der Waals surface area contributed by atoms with E-state index >= 15 is 0 Å². The fraction of sp³-hybridized carbons (Fsp3) is 0.263.